The van der Waals surface area contributed by atoms with Crippen molar-refractivity contribution < 1.29 is 9.50 Å². The topological polar surface area (TPSA) is 32.3 Å². The molecule has 0 saturated carbocycles. The smallest absolute Gasteiger partial charge is 0.124 e. The highest BCUT2D eigenvalue weighted by molar-refractivity contribution is 7.99. The highest BCUT2D eigenvalue weighted by atomic mass is 32.2. The van der Waals surface area contributed by atoms with E-state index in [0.717, 1.165) is 17.1 Å². The van der Waals surface area contributed by atoms with Gasteiger partial charge >= 0.3 is 0 Å². The van der Waals surface area contributed by atoms with Crippen LogP contribution in [0.4, 0.5) is 4.39 Å². The molecule has 0 radical (unpaired) electrons. The average Bonchev–Trinajstić information content (AvgIpc) is 2.28. The first-order valence-electron chi connectivity index (χ1n) is 6.22. The molecule has 102 valence electrons. The molecule has 0 heterocycles. The molecule has 0 aliphatic heterocycles. The van der Waals surface area contributed by atoms with Crippen LogP contribution in [-0.4, -0.2) is 29.0 Å². The Kier molecular flexibility index (Phi) is 6.12. The maximum atomic E-state index is 13.0. The van der Waals surface area contributed by atoms with E-state index >= 15 is 0 Å². The van der Waals surface area contributed by atoms with Crippen molar-refractivity contribution in [1.82, 2.24) is 5.32 Å². The second-order valence-corrected chi connectivity index (χ2v) is 6.24. The molecule has 0 fully saturated rings. The molecule has 4 heteroatoms. The molecule has 0 aromatic heterocycles. The molecule has 1 aromatic rings. The predicted molar refractivity (Wildman–Crippen MR) is 75.5 cm³/mol. The van der Waals surface area contributed by atoms with Crippen molar-refractivity contribution in [2.75, 3.05) is 12.4 Å². The number of rotatable bonds is 7. The first kappa shape index (κ1) is 15.5. The van der Waals surface area contributed by atoms with Gasteiger partial charge in [-0.3, -0.25) is 0 Å². The van der Waals surface area contributed by atoms with E-state index in [1.165, 1.54) is 12.1 Å². The normalized spacial score (nSPS) is 14.8. The number of aliphatic hydroxyl groups excluding tert-OH is 1. The second kappa shape index (κ2) is 7.12. The zero-order valence-corrected chi connectivity index (χ0v) is 12.1. The number of thioether (sulfide) groups is 1. The molecule has 1 atom stereocenters. The van der Waals surface area contributed by atoms with Crippen LogP contribution in [-0.2, 0) is 0 Å². The molecule has 0 saturated heterocycles. The number of nitrogens with one attached hydrogen (secondary N) is 1. The van der Waals surface area contributed by atoms with Gasteiger partial charge in [0.05, 0.1) is 6.61 Å². The Hall–Kier alpha value is -0.580. The van der Waals surface area contributed by atoms with Gasteiger partial charge in [-0.2, -0.15) is 0 Å². The SMILES string of the molecule is CC(C)NC(C)(CO)CCSc1cccc(F)c1. The third-order valence-electron chi connectivity index (χ3n) is 2.70. The third kappa shape index (κ3) is 5.38. The quantitative estimate of drug-likeness (QED) is 0.748. The summed E-state index contributed by atoms with van der Waals surface area (Å²) in [5.74, 6) is 0.644. The van der Waals surface area contributed by atoms with Gasteiger partial charge in [-0.1, -0.05) is 19.9 Å². The fraction of sp³-hybridized carbons (Fsp3) is 0.571. The van der Waals surface area contributed by atoms with Crippen molar-refractivity contribution in [3.63, 3.8) is 0 Å². The lowest BCUT2D eigenvalue weighted by atomic mass is 9.99. The number of halogens is 1. The molecule has 1 unspecified atom stereocenters. The summed E-state index contributed by atoms with van der Waals surface area (Å²) in [7, 11) is 0. The summed E-state index contributed by atoms with van der Waals surface area (Å²) in [4.78, 5) is 0.930. The Labute approximate surface area is 113 Å². The van der Waals surface area contributed by atoms with E-state index in [0.29, 0.717) is 6.04 Å². The van der Waals surface area contributed by atoms with Gasteiger partial charge in [0.2, 0.25) is 0 Å². The molecule has 0 aliphatic carbocycles. The van der Waals surface area contributed by atoms with Crippen molar-refractivity contribution in [3.05, 3.63) is 30.1 Å². The number of benzene rings is 1. The first-order valence-corrected chi connectivity index (χ1v) is 7.21. The van der Waals surface area contributed by atoms with Crippen LogP contribution in [0.5, 0.6) is 0 Å². The van der Waals surface area contributed by atoms with E-state index in [1.54, 1.807) is 17.8 Å². The van der Waals surface area contributed by atoms with Crippen molar-refractivity contribution >= 4 is 11.8 Å². The predicted octanol–water partition coefficient (Wildman–Crippen LogP) is 3.06. The molecule has 2 nitrogen and oxygen atoms in total. The standard InChI is InChI=1S/C14H22FNOS/c1-11(2)16-14(3,10-17)7-8-18-13-6-4-5-12(15)9-13/h4-6,9,11,16-17H,7-8,10H2,1-3H3. The fourth-order valence-electron chi connectivity index (χ4n) is 1.84. The maximum absolute atomic E-state index is 13.0. The number of hydrogen-bond acceptors (Lipinski definition) is 3. The molecular formula is C14H22FNOS. The largest absolute Gasteiger partial charge is 0.394 e. The molecule has 0 amide bonds. The summed E-state index contributed by atoms with van der Waals surface area (Å²) >= 11 is 1.61. The molecule has 0 bridgehead atoms. The van der Waals surface area contributed by atoms with E-state index in [4.69, 9.17) is 0 Å². The van der Waals surface area contributed by atoms with E-state index in [1.807, 2.05) is 13.0 Å². The van der Waals surface area contributed by atoms with Gasteiger partial charge in [0, 0.05) is 16.5 Å². The summed E-state index contributed by atoms with van der Waals surface area (Å²) in [6, 6.07) is 6.94. The van der Waals surface area contributed by atoms with Crippen LogP contribution in [0.15, 0.2) is 29.2 Å². The molecule has 0 aliphatic rings. The molecule has 18 heavy (non-hydrogen) atoms. The number of hydrogen-bond donors (Lipinski definition) is 2. The Balaban J connectivity index is 2.44. The van der Waals surface area contributed by atoms with E-state index in [-0.39, 0.29) is 18.0 Å². The highest BCUT2D eigenvalue weighted by Crippen LogP contribution is 2.22. The van der Waals surface area contributed by atoms with Gasteiger partial charge in [-0.05, 0) is 37.3 Å². The highest BCUT2D eigenvalue weighted by Gasteiger charge is 2.23. The summed E-state index contributed by atoms with van der Waals surface area (Å²) in [6.07, 6.45) is 0.836. The molecule has 1 rings (SSSR count). The summed E-state index contributed by atoms with van der Waals surface area (Å²) in [5.41, 5.74) is -0.269. The summed E-state index contributed by atoms with van der Waals surface area (Å²) in [6.45, 7) is 6.25. The minimum atomic E-state index is -0.269. The van der Waals surface area contributed by atoms with Crippen LogP contribution in [0.3, 0.4) is 0 Å². The van der Waals surface area contributed by atoms with Crippen LogP contribution in [0.25, 0.3) is 0 Å². The van der Waals surface area contributed by atoms with E-state index < -0.39 is 0 Å². The zero-order chi connectivity index (χ0) is 13.6. The lowest BCUT2D eigenvalue weighted by Crippen LogP contribution is -2.49. The van der Waals surface area contributed by atoms with Gasteiger partial charge in [0.25, 0.3) is 0 Å². The van der Waals surface area contributed by atoms with E-state index in [9.17, 15) is 9.50 Å². The Morgan fingerprint density at radius 1 is 1.44 bits per heavy atom. The molecule has 1 aromatic carbocycles. The van der Waals surface area contributed by atoms with Crippen LogP contribution >= 0.6 is 11.8 Å². The van der Waals surface area contributed by atoms with Crippen LogP contribution in [0.1, 0.15) is 27.2 Å². The lowest BCUT2D eigenvalue weighted by molar-refractivity contribution is 0.162. The third-order valence-corrected chi connectivity index (χ3v) is 3.70. The monoisotopic (exact) mass is 271 g/mol. The second-order valence-electron chi connectivity index (χ2n) is 5.07. The van der Waals surface area contributed by atoms with Crippen LogP contribution in [0.2, 0.25) is 0 Å². The van der Waals surface area contributed by atoms with Crippen molar-refractivity contribution in [1.29, 1.82) is 0 Å². The molecular weight excluding hydrogens is 249 g/mol. The van der Waals surface area contributed by atoms with Crippen molar-refractivity contribution in [3.8, 4) is 0 Å². The van der Waals surface area contributed by atoms with E-state index in [2.05, 4.69) is 19.2 Å². The van der Waals surface area contributed by atoms with Gasteiger partial charge in [0.1, 0.15) is 5.82 Å². The van der Waals surface area contributed by atoms with Gasteiger partial charge < -0.3 is 10.4 Å². The van der Waals surface area contributed by atoms with Gasteiger partial charge in [-0.25, -0.2) is 4.39 Å². The Morgan fingerprint density at radius 3 is 2.72 bits per heavy atom. The first-order chi connectivity index (χ1) is 8.45. The van der Waals surface area contributed by atoms with Crippen LogP contribution < -0.4 is 5.32 Å². The summed E-state index contributed by atoms with van der Waals surface area (Å²) in [5, 5.41) is 12.8. The van der Waals surface area contributed by atoms with Crippen LogP contribution in [0, 0.1) is 5.82 Å². The van der Waals surface area contributed by atoms with Gasteiger partial charge in [-0.15, -0.1) is 11.8 Å². The van der Waals surface area contributed by atoms with Gasteiger partial charge in [0.15, 0.2) is 0 Å². The molecule has 2 N–H and O–H groups in total. The minimum Gasteiger partial charge on any atom is -0.394 e. The minimum absolute atomic E-state index is 0.106. The average molecular weight is 271 g/mol. The Morgan fingerprint density at radius 2 is 2.17 bits per heavy atom. The maximum Gasteiger partial charge on any atom is 0.124 e. The fourth-order valence-corrected chi connectivity index (χ4v) is 3.00. The zero-order valence-electron chi connectivity index (χ0n) is 11.2. The Bertz CT molecular complexity index is 373. The summed E-state index contributed by atoms with van der Waals surface area (Å²) < 4.78 is 13.0. The van der Waals surface area contributed by atoms with Crippen molar-refractivity contribution in [2.24, 2.45) is 0 Å². The number of aliphatic hydroxyl groups is 1. The lowest BCUT2D eigenvalue weighted by Gasteiger charge is -2.31. The molecule has 0 spiro atoms. The van der Waals surface area contributed by atoms with Crippen molar-refractivity contribution in [2.45, 2.75) is 43.7 Å².